The lowest BCUT2D eigenvalue weighted by Gasteiger charge is -2.21. The van der Waals surface area contributed by atoms with Crippen LogP contribution in [0.15, 0.2) is 11.2 Å². The van der Waals surface area contributed by atoms with E-state index in [0.29, 0.717) is 12.6 Å². The molecule has 2 heterocycles. The third-order valence-electron chi connectivity index (χ3n) is 4.99. The van der Waals surface area contributed by atoms with E-state index >= 15 is 0 Å². The van der Waals surface area contributed by atoms with Gasteiger partial charge in [0.2, 0.25) is 0 Å². The number of nitrogens with zero attached hydrogens (tertiary/aromatic N) is 3. The van der Waals surface area contributed by atoms with E-state index in [1.54, 1.807) is 11.3 Å². The molecule has 1 saturated heterocycles. The summed E-state index contributed by atoms with van der Waals surface area (Å²) in [5.41, 5.74) is 0. The molecule has 1 aromatic rings. The van der Waals surface area contributed by atoms with Crippen molar-refractivity contribution < 1.29 is 0 Å². The summed E-state index contributed by atoms with van der Waals surface area (Å²) in [7, 11) is 0. The SMILES string of the molecule is CCNC(=NCc1ncc(C)s1)NC1CCN(CC2CCCC2)C1.I. The van der Waals surface area contributed by atoms with Gasteiger partial charge in [-0.15, -0.1) is 35.3 Å². The van der Waals surface area contributed by atoms with E-state index in [9.17, 15) is 0 Å². The lowest BCUT2D eigenvalue weighted by Crippen LogP contribution is -2.44. The summed E-state index contributed by atoms with van der Waals surface area (Å²) in [6, 6.07) is 0.516. The Bertz CT molecular complexity index is 541. The average Bonchev–Trinajstić information content (AvgIpc) is 3.29. The van der Waals surface area contributed by atoms with E-state index in [4.69, 9.17) is 4.99 Å². The lowest BCUT2D eigenvalue weighted by atomic mass is 10.1. The molecule has 2 fully saturated rings. The first kappa shape index (κ1) is 20.9. The molecule has 0 aromatic carbocycles. The van der Waals surface area contributed by atoms with E-state index in [1.807, 2.05) is 6.20 Å². The zero-order chi connectivity index (χ0) is 16.8. The monoisotopic (exact) mass is 477 g/mol. The second-order valence-corrected chi connectivity index (χ2v) is 8.42. The molecule has 5 nitrogen and oxygen atoms in total. The number of aliphatic imine (C=N–C) groups is 1. The number of aromatic nitrogens is 1. The number of halogens is 1. The average molecular weight is 477 g/mol. The fourth-order valence-electron chi connectivity index (χ4n) is 3.81. The van der Waals surface area contributed by atoms with Gasteiger partial charge < -0.3 is 15.5 Å². The van der Waals surface area contributed by atoms with Crippen LogP contribution >= 0.6 is 35.3 Å². The number of rotatable bonds is 6. The summed E-state index contributed by atoms with van der Waals surface area (Å²) >= 11 is 1.73. The zero-order valence-corrected chi connectivity index (χ0v) is 18.6. The molecule has 1 unspecified atom stereocenters. The number of guanidine groups is 1. The van der Waals surface area contributed by atoms with E-state index in [0.717, 1.165) is 30.0 Å². The predicted molar refractivity (Wildman–Crippen MR) is 117 cm³/mol. The van der Waals surface area contributed by atoms with Crippen LogP contribution in [0.3, 0.4) is 0 Å². The molecule has 7 heteroatoms. The molecule has 1 saturated carbocycles. The minimum absolute atomic E-state index is 0. The lowest BCUT2D eigenvalue weighted by molar-refractivity contribution is 0.275. The third kappa shape index (κ3) is 6.67. The van der Waals surface area contributed by atoms with Crippen LogP contribution in [0.2, 0.25) is 0 Å². The molecule has 0 amide bonds. The highest BCUT2D eigenvalue weighted by atomic mass is 127. The van der Waals surface area contributed by atoms with E-state index in [-0.39, 0.29) is 24.0 Å². The zero-order valence-electron chi connectivity index (χ0n) is 15.5. The van der Waals surface area contributed by atoms with Crippen molar-refractivity contribution in [3.8, 4) is 0 Å². The van der Waals surface area contributed by atoms with Gasteiger partial charge in [0.1, 0.15) is 5.01 Å². The third-order valence-corrected chi connectivity index (χ3v) is 5.89. The maximum atomic E-state index is 4.71. The van der Waals surface area contributed by atoms with Gasteiger partial charge in [-0.1, -0.05) is 12.8 Å². The molecule has 1 aromatic heterocycles. The molecule has 142 valence electrons. The van der Waals surface area contributed by atoms with Crippen molar-refractivity contribution in [3.05, 3.63) is 16.1 Å². The van der Waals surface area contributed by atoms with E-state index in [2.05, 4.69) is 34.4 Å². The van der Waals surface area contributed by atoms with Crippen LogP contribution < -0.4 is 10.6 Å². The number of nitrogens with one attached hydrogen (secondary N) is 2. The summed E-state index contributed by atoms with van der Waals surface area (Å²) in [6.45, 7) is 9.42. The number of hydrogen-bond acceptors (Lipinski definition) is 4. The van der Waals surface area contributed by atoms with Crippen LogP contribution in [0, 0.1) is 12.8 Å². The summed E-state index contributed by atoms with van der Waals surface area (Å²) in [6.07, 6.45) is 8.89. The van der Waals surface area contributed by atoms with Crippen LogP contribution in [0.4, 0.5) is 0 Å². The van der Waals surface area contributed by atoms with Gasteiger partial charge in [0.15, 0.2) is 5.96 Å². The Kier molecular flexibility index (Phi) is 8.92. The van der Waals surface area contributed by atoms with Gasteiger partial charge in [0.05, 0.1) is 6.54 Å². The predicted octanol–water partition coefficient (Wildman–Crippen LogP) is 3.39. The molecular weight excluding hydrogens is 445 g/mol. The molecule has 2 N–H and O–H groups in total. The molecule has 2 aliphatic rings. The Labute approximate surface area is 173 Å². The Morgan fingerprint density at radius 2 is 2.16 bits per heavy atom. The second kappa shape index (κ2) is 10.7. The summed E-state index contributed by atoms with van der Waals surface area (Å²) in [4.78, 5) is 13.0. The van der Waals surface area contributed by atoms with Gasteiger partial charge in [-0.05, 0) is 39.0 Å². The van der Waals surface area contributed by atoms with Gasteiger partial charge >= 0.3 is 0 Å². The van der Waals surface area contributed by atoms with Crippen LogP contribution in [0.25, 0.3) is 0 Å². The van der Waals surface area contributed by atoms with E-state index in [1.165, 1.54) is 50.1 Å². The number of hydrogen-bond donors (Lipinski definition) is 2. The topological polar surface area (TPSA) is 52.6 Å². The van der Waals surface area contributed by atoms with Crippen LogP contribution in [0.1, 0.15) is 48.9 Å². The Morgan fingerprint density at radius 3 is 2.84 bits per heavy atom. The van der Waals surface area contributed by atoms with E-state index < -0.39 is 0 Å². The van der Waals surface area contributed by atoms with Crippen molar-refractivity contribution in [1.82, 2.24) is 20.5 Å². The first-order valence-corrected chi connectivity index (χ1v) is 10.2. The molecule has 0 radical (unpaired) electrons. The maximum absolute atomic E-state index is 4.71. The molecule has 1 aliphatic carbocycles. The summed E-state index contributed by atoms with van der Waals surface area (Å²) < 4.78 is 0. The highest BCUT2D eigenvalue weighted by Crippen LogP contribution is 2.26. The van der Waals surface area contributed by atoms with Gasteiger partial charge in [-0.3, -0.25) is 0 Å². The summed E-state index contributed by atoms with van der Waals surface area (Å²) in [5, 5.41) is 8.08. The van der Waals surface area contributed by atoms with Gasteiger partial charge in [-0.2, -0.15) is 0 Å². The van der Waals surface area contributed by atoms with Crippen molar-refractivity contribution in [3.63, 3.8) is 0 Å². The smallest absolute Gasteiger partial charge is 0.191 e. The number of likely N-dealkylation sites (tertiary alicyclic amines) is 1. The summed E-state index contributed by atoms with van der Waals surface area (Å²) in [5.74, 6) is 1.87. The van der Waals surface area contributed by atoms with Gasteiger partial charge in [0, 0.05) is 43.3 Å². The molecule has 0 spiro atoms. The Balaban J connectivity index is 0.00000225. The van der Waals surface area contributed by atoms with Crippen LogP contribution in [-0.2, 0) is 6.54 Å². The largest absolute Gasteiger partial charge is 0.357 e. The minimum Gasteiger partial charge on any atom is -0.357 e. The Morgan fingerprint density at radius 1 is 1.36 bits per heavy atom. The van der Waals surface area contributed by atoms with Crippen molar-refractivity contribution in [2.75, 3.05) is 26.2 Å². The Hall–Kier alpha value is -0.410. The number of thiazole rings is 1. The first-order valence-electron chi connectivity index (χ1n) is 9.41. The van der Waals surface area contributed by atoms with Crippen LogP contribution in [0.5, 0.6) is 0 Å². The van der Waals surface area contributed by atoms with Crippen molar-refractivity contribution in [1.29, 1.82) is 0 Å². The second-order valence-electron chi connectivity index (χ2n) is 7.10. The number of aryl methyl sites for hydroxylation is 1. The minimum atomic E-state index is 0. The highest BCUT2D eigenvalue weighted by molar-refractivity contribution is 14.0. The first-order chi connectivity index (χ1) is 11.7. The normalized spacial score (nSPS) is 22.2. The highest BCUT2D eigenvalue weighted by Gasteiger charge is 2.26. The molecule has 0 bridgehead atoms. The molecule has 1 aliphatic heterocycles. The van der Waals surface area contributed by atoms with Gasteiger partial charge in [0.25, 0.3) is 0 Å². The van der Waals surface area contributed by atoms with Gasteiger partial charge in [-0.25, -0.2) is 9.98 Å². The van der Waals surface area contributed by atoms with Crippen molar-refractivity contribution in [2.24, 2.45) is 10.9 Å². The van der Waals surface area contributed by atoms with Crippen LogP contribution in [-0.4, -0.2) is 48.1 Å². The maximum Gasteiger partial charge on any atom is 0.191 e. The fraction of sp³-hybridized carbons (Fsp3) is 0.778. The fourth-order valence-corrected chi connectivity index (χ4v) is 4.52. The standard InChI is InChI=1S/C18H31N5S.HI/c1-3-19-18(21-11-17-20-10-14(2)24-17)22-16-8-9-23(13-16)12-15-6-4-5-7-15;/h10,15-16H,3-9,11-13H2,1-2H3,(H2,19,21,22);1H. The molecule has 3 rings (SSSR count). The molecule has 1 atom stereocenters. The molecule has 25 heavy (non-hydrogen) atoms. The molecular formula is C18H32IN5S. The quantitative estimate of drug-likeness (QED) is 0.375. The van der Waals surface area contributed by atoms with Crippen molar-refractivity contribution >= 4 is 41.3 Å². The van der Waals surface area contributed by atoms with Crippen molar-refractivity contribution in [2.45, 2.75) is 58.5 Å².